The van der Waals surface area contributed by atoms with Crippen LogP contribution in [0.25, 0.3) is 11.0 Å². The van der Waals surface area contributed by atoms with Gasteiger partial charge in [0, 0.05) is 50.6 Å². The molecule has 5 heterocycles. The molecule has 31 heavy (non-hydrogen) atoms. The Kier molecular flexibility index (Phi) is 5.61. The zero-order chi connectivity index (χ0) is 21.4. The van der Waals surface area contributed by atoms with E-state index >= 15 is 0 Å². The predicted molar refractivity (Wildman–Crippen MR) is 114 cm³/mol. The molecule has 0 aliphatic carbocycles. The van der Waals surface area contributed by atoms with Gasteiger partial charge in [-0.1, -0.05) is 0 Å². The molecule has 5 rings (SSSR count). The number of H-pyrrole nitrogens is 1. The number of carbonyl (C=O) groups excluding carboxylic acids is 1. The van der Waals surface area contributed by atoms with Gasteiger partial charge in [-0.2, -0.15) is 0 Å². The van der Waals surface area contributed by atoms with E-state index in [1.165, 1.54) is 10.5 Å². The molecule has 1 atom stereocenters. The number of likely N-dealkylation sites (tertiary alicyclic amines) is 1. The van der Waals surface area contributed by atoms with Gasteiger partial charge in [-0.3, -0.25) is 0 Å². The predicted octanol–water partition coefficient (Wildman–Crippen LogP) is 2.07. The highest BCUT2D eigenvalue weighted by atomic mass is 32.2. The molecule has 1 amide bonds. The second-order valence-electron chi connectivity index (χ2n) is 8.60. The van der Waals surface area contributed by atoms with Crippen LogP contribution in [0.3, 0.4) is 0 Å². The SMILES string of the molecule is O=C(OCC1CCCO1)N1CC(S(=O)(=O)N2CCC(c3c[nH]c4ncccc34)CC2)C1. The lowest BCUT2D eigenvalue weighted by atomic mass is 9.90. The van der Waals surface area contributed by atoms with Crippen LogP contribution in [0.15, 0.2) is 24.5 Å². The maximum Gasteiger partial charge on any atom is 0.409 e. The molecule has 1 unspecified atom stereocenters. The highest BCUT2D eigenvalue weighted by Gasteiger charge is 2.44. The van der Waals surface area contributed by atoms with Gasteiger partial charge in [0.05, 0.1) is 6.10 Å². The van der Waals surface area contributed by atoms with Crippen LogP contribution >= 0.6 is 0 Å². The Labute approximate surface area is 181 Å². The molecule has 0 saturated carbocycles. The molecule has 0 radical (unpaired) electrons. The number of hydrogen-bond donors (Lipinski definition) is 1. The smallest absolute Gasteiger partial charge is 0.409 e. The second kappa shape index (κ2) is 8.40. The van der Waals surface area contributed by atoms with E-state index in [-0.39, 0.29) is 25.8 Å². The summed E-state index contributed by atoms with van der Waals surface area (Å²) in [6.45, 7) is 2.34. The number of fused-ring (bicyclic) bond motifs is 1. The molecule has 2 aromatic heterocycles. The van der Waals surface area contributed by atoms with Crippen LogP contribution in [-0.2, 0) is 19.5 Å². The Bertz CT molecular complexity index is 1030. The van der Waals surface area contributed by atoms with Crippen LogP contribution in [0.2, 0.25) is 0 Å². The van der Waals surface area contributed by atoms with Crippen molar-refractivity contribution in [3.05, 3.63) is 30.1 Å². The Morgan fingerprint density at radius 3 is 2.81 bits per heavy atom. The number of amides is 1. The number of aromatic nitrogens is 2. The fourth-order valence-electron chi connectivity index (χ4n) is 4.75. The third-order valence-electron chi connectivity index (χ3n) is 6.68. The molecule has 10 heteroatoms. The van der Waals surface area contributed by atoms with Crippen molar-refractivity contribution >= 4 is 27.1 Å². The number of nitrogens with zero attached hydrogens (tertiary/aromatic N) is 3. The van der Waals surface area contributed by atoms with Gasteiger partial charge in [0.25, 0.3) is 0 Å². The zero-order valence-electron chi connectivity index (χ0n) is 17.4. The van der Waals surface area contributed by atoms with Crippen LogP contribution in [-0.4, -0.2) is 84.4 Å². The van der Waals surface area contributed by atoms with Crippen LogP contribution in [0.1, 0.15) is 37.2 Å². The average Bonchev–Trinajstić information content (AvgIpc) is 3.41. The third kappa shape index (κ3) is 4.04. The normalized spacial score (nSPS) is 23.9. The molecule has 3 aliphatic heterocycles. The van der Waals surface area contributed by atoms with E-state index in [2.05, 4.69) is 16.0 Å². The molecule has 0 spiro atoms. The molecule has 168 valence electrons. The number of pyridine rings is 1. The van der Waals surface area contributed by atoms with E-state index in [9.17, 15) is 13.2 Å². The minimum atomic E-state index is -3.42. The number of sulfonamides is 1. The van der Waals surface area contributed by atoms with Crippen LogP contribution in [0.5, 0.6) is 0 Å². The minimum absolute atomic E-state index is 0.0287. The molecule has 3 aliphatic rings. The molecular formula is C21H28N4O5S. The molecule has 3 saturated heterocycles. The van der Waals surface area contributed by atoms with Gasteiger partial charge in [-0.15, -0.1) is 0 Å². The number of nitrogens with one attached hydrogen (secondary N) is 1. The van der Waals surface area contributed by atoms with Gasteiger partial charge in [0.2, 0.25) is 10.0 Å². The average molecular weight is 449 g/mol. The van der Waals surface area contributed by atoms with Gasteiger partial charge in [0.1, 0.15) is 17.5 Å². The number of hydrogen-bond acceptors (Lipinski definition) is 6. The van der Waals surface area contributed by atoms with Crippen LogP contribution < -0.4 is 0 Å². The van der Waals surface area contributed by atoms with Gasteiger partial charge < -0.3 is 19.4 Å². The number of rotatable bonds is 5. The van der Waals surface area contributed by atoms with Crippen molar-refractivity contribution in [3.63, 3.8) is 0 Å². The second-order valence-corrected chi connectivity index (χ2v) is 10.8. The van der Waals surface area contributed by atoms with E-state index in [1.807, 2.05) is 12.3 Å². The Hall–Kier alpha value is -2.17. The Morgan fingerprint density at radius 2 is 2.06 bits per heavy atom. The van der Waals surface area contributed by atoms with E-state index in [0.717, 1.165) is 36.7 Å². The first kappa shape index (κ1) is 20.7. The number of piperidine rings is 1. The molecule has 2 aromatic rings. The van der Waals surface area contributed by atoms with Crippen molar-refractivity contribution in [2.24, 2.45) is 0 Å². The van der Waals surface area contributed by atoms with Gasteiger partial charge >= 0.3 is 6.09 Å². The molecular weight excluding hydrogens is 420 g/mol. The first-order chi connectivity index (χ1) is 15.0. The summed E-state index contributed by atoms with van der Waals surface area (Å²) >= 11 is 0. The molecule has 0 bridgehead atoms. The maximum absolute atomic E-state index is 13.0. The summed E-state index contributed by atoms with van der Waals surface area (Å²) in [5.41, 5.74) is 2.08. The summed E-state index contributed by atoms with van der Waals surface area (Å²) in [7, 11) is -3.42. The lowest BCUT2D eigenvalue weighted by Gasteiger charge is -2.41. The van der Waals surface area contributed by atoms with Crippen molar-refractivity contribution in [1.29, 1.82) is 0 Å². The maximum atomic E-state index is 13.0. The first-order valence-electron chi connectivity index (χ1n) is 11.0. The van der Waals surface area contributed by atoms with E-state index in [4.69, 9.17) is 9.47 Å². The summed E-state index contributed by atoms with van der Waals surface area (Å²) in [6, 6.07) is 3.98. The van der Waals surface area contributed by atoms with Crippen LogP contribution in [0.4, 0.5) is 4.79 Å². The van der Waals surface area contributed by atoms with Crippen LogP contribution in [0, 0.1) is 0 Å². The highest BCUT2D eigenvalue weighted by molar-refractivity contribution is 7.89. The molecule has 1 N–H and O–H groups in total. The quantitative estimate of drug-likeness (QED) is 0.751. The Balaban J connectivity index is 1.12. The van der Waals surface area contributed by atoms with Crippen molar-refractivity contribution in [2.75, 3.05) is 39.4 Å². The molecule has 0 aromatic carbocycles. The standard InChI is InChI=1S/C21H28N4O5S/c26-21(30-14-16-3-2-10-29-16)24-12-17(13-24)31(27,28)25-8-5-15(6-9-25)19-11-23-20-18(19)4-1-7-22-20/h1,4,7,11,15-17H,2-3,5-6,8-10,12-14H2,(H,22,23). The Morgan fingerprint density at radius 1 is 1.26 bits per heavy atom. The van der Waals surface area contributed by atoms with Crippen molar-refractivity contribution < 1.29 is 22.7 Å². The monoisotopic (exact) mass is 448 g/mol. The number of ether oxygens (including phenoxy) is 2. The van der Waals surface area contributed by atoms with Gasteiger partial charge in [-0.05, 0) is 49.3 Å². The fraction of sp³-hybridized carbons (Fsp3) is 0.619. The summed E-state index contributed by atoms with van der Waals surface area (Å²) < 4.78 is 38.3. The van der Waals surface area contributed by atoms with E-state index in [1.54, 1.807) is 10.5 Å². The molecule has 3 fully saturated rings. The lowest BCUT2D eigenvalue weighted by molar-refractivity contribution is 0.0226. The van der Waals surface area contributed by atoms with E-state index in [0.29, 0.717) is 25.6 Å². The summed E-state index contributed by atoms with van der Waals surface area (Å²) in [5, 5.41) is 0.566. The summed E-state index contributed by atoms with van der Waals surface area (Å²) in [5.74, 6) is 0.315. The summed E-state index contributed by atoms with van der Waals surface area (Å²) in [6.07, 6.45) is 6.72. The summed E-state index contributed by atoms with van der Waals surface area (Å²) in [4.78, 5) is 21.2. The van der Waals surface area contributed by atoms with Gasteiger partial charge in [0.15, 0.2) is 0 Å². The highest BCUT2D eigenvalue weighted by Crippen LogP contribution is 2.34. The first-order valence-corrected chi connectivity index (χ1v) is 12.5. The van der Waals surface area contributed by atoms with Crippen molar-refractivity contribution in [1.82, 2.24) is 19.2 Å². The number of aromatic amines is 1. The fourth-order valence-corrected chi connectivity index (χ4v) is 6.63. The third-order valence-corrected chi connectivity index (χ3v) is 8.91. The zero-order valence-corrected chi connectivity index (χ0v) is 18.2. The minimum Gasteiger partial charge on any atom is -0.447 e. The lowest BCUT2D eigenvalue weighted by Crippen LogP contribution is -2.60. The van der Waals surface area contributed by atoms with Gasteiger partial charge in [-0.25, -0.2) is 22.5 Å². The topological polar surface area (TPSA) is 105 Å². The van der Waals surface area contributed by atoms with Crippen molar-refractivity contribution in [3.8, 4) is 0 Å². The largest absolute Gasteiger partial charge is 0.447 e. The van der Waals surface area contributed by atoms with Crippen molar-refractivity contribution in [2.45, 2.75) is 43.0 Å². The van der Waals surface area contributed by atoms with E-state index < -0.39 is 21.4 Å². The molecule has 9 nitrogen and oxygen atoms in total. The number of carbonyl (C=O) groups is 1.